The molecule has 6 heteroatoms. The molecule has 0 aliphatic heterocycles. The topological polar surface area (TPSA) is 78.9 Å². The van der Waals surface area contributed by atoms with Crippen molar-refractivity contribution in [3.8, 4) is 0 Å². The molecule has 0 radical (unpaired) electrons. The molecule has 1 unspecified atom stereocenters. The second-order valence-corrected chi connectivity index (χ2v) is 23.4. The monoisotopic (exact) mass is 1090 g/mol. The van der Waals surface area contributed by atoms with E-state index in [9.17, 15) is 14.4 Å². The first-order valence-electron chi connectivity index (χ1n) is 34.6. The van der Waals surface area contributed by atoms with Gasteiger partial charge in [0.2, 0.25) is 0 Å². The summed E-state index contributed by atoms with van der Waals surface area (Å²) in [5, 5.41) is 0. The van der Waals surface area contributed by atoms with Gasteiger partial charge >= 0.3 is 17.9 Å². The normalized spacial score (nSPS) is 12.3. The Bertz CT molecular complexity index is 1350. The first-order chi connectivity index (χ1) is 38.5. The van der Waals surface area contributed by atoms with Crippen LogP contribution in [0.15, 0.2) is 48.6 Å². The number of rotatable bonds is 64. The SMILES string of the molecule is CCCCC/C=C\C/C=C\CCCCCCCCCCCC(=O)OCC(COC(=O)CCCCCCCCCCC/C=C\C/C=C\CCCCCCC)OC(=O)CCCCCCCCCCCCCCCCCCCCCC. The summed E-state index contributed by atoms with van der Waals surface area (Å²) < 4.78 is 17.0. The lowest BCUT2D eigenvalue weighted by atomic mass is 10.0. The molecule has 0 N–H and O–H groups in total. The Kier molecular flexibility index (Phi) is 64.6. The Labute approximate surface area is 486 Å². The Morgan fingerprint density at radius 1 is 0.256 bits per heavy atom. The molecule has 0 fully saturated rings. The molecule has 0 saturated carbocycles. The number of unbranched alkanes of at least 4 members (excludes halogenated alkanes) is 45. The zero-order valence-corrected chi connectivity index (χ0v) is 52.5. The van der Waals surface area contributed by atoms with E-state index in [0.717, 1.165) is 70.6 Å². The van der Waals surface area contributed by atoms with Gasteiger partial charge in [-0.1, -0.05) is 320 Å². The van der Waals surface area contributed by atoms with E-state index in [1.807, 2.05) is 0 Å². The fraction of sp³-hybridized carbons (Fsp3) is 0.847. The van der Waals surface area contributed by atoms with Crippen LogP contribution in [0.1, 0.15) is 374 Å². The van der Waals surface area contributed by atoms with Crippen molar-refractivity contribution in [3.05, 3.63) is 48.6 Å². The minimum absolute atomic E-state index is 0.0727. The van der Waals surface area contributed by atoms with E-state index in [4.69, 9.17) is 14.2 Å². The van der Waals surface area contributed by atoms with Gasteiger partial charge in [0.25, 0.3) is 0 Å². The van der Waals surface area contributed by atoms with Gasteiger partial charge in [0, 0.05) is 19.3 Å². The van der Waals surface area contributed by atoms with Gasteiger partial charge in [-0.05, 0) is 83.5 Å². The predicted octanol–water partition coefficient (Wildman–Crippen LogP) is 23.7. The molecule has 0 bridgehead atoms. The molecule has 0 aliphatic rings. The first kappa shape index (κ1) is 75.4. The van der Waals surface area contributed by atoms with Crippen molar-refractivity contribution in [3.63, 3.8) is 0 Å². The van der Waals surface area contributed by atoms with Crippen LogP contribution < -0.4 is 0 Å². The summed E-state index contributed by atoms with van der Waals surface area (Å²) in [6.45, 7) is 6.67. The van der Waals surface area contributed by atoms with Crippen LogP contribution in [0, 0.1) is 0 Å². The van der Waals surface area contributed by atoms with E-state index in [-0.39, 0.29) is 31.1 Å². The number of hydrogen-bond donors (Lipinski definition) is 0. The summed E-state index contributed by atoms with van der Waals surface area (Å²) in [6.07, 6.45) is 84.1. The summed E-state index contributed by atoms with van der Waals surface area (Å²) in [7, 11) is 0. The van der Waals surface area contributed by atoms with Gasteiger partial charge in [-0.15, -0.1) is 0 Å². The maximum absolute atomic E-state index is 13.0. The van der Waals surface area contributed by atoms with Gasteiger partial charge in [0.15, 0.2) is 6.10 Å². The molecule has 6 nitrogen and oxygen atoms in total. The molecule has 0 heterocycles. The highest BCUT2D eigenvalue weighted by Gasteiger charge is 2.19. The summed E-state index contributed by atoms with van der Waals surface area (Å²) >= 11 is 0. The minimum atomic E-state index is -0.776. The summed E-state index contributed by atoms with van der Waals surface area (Å²) in [6, 6.07) is 0. The van der Waals surface area contributed by atoms with Crippen LogP contribution in [0.4, 0.5) is 0 Å². The van der Waals surface area contributed by atoms with Crippen LogP contribution in [0.2, 0.25) is 0 Å². The van der Waals surface area contributed by atoms with Gasteiger partial charge in [-0.3, -0.25) is 14.4 Å². The molecule has 0 aromatic heterocycles. The molecule has 456 valence electrons. The van der Waals surface area contributed by atoms with Crippen molar-refractivity contribution in [2.75, 3.05) is 13.2 Å². The van der Waals surface area contributed by atoms with Gasteiger partial charge < -0.3 is 14.2 Å². The van der Waals surface area contributed by atoms with Crippen LogP contribution >= 0.6 is 0 Å². The number of allylic oxidation sites excluding steroid dienone is 8. The van der Waals surface area contributed by atoms with Crippen molar-refractivity contribution in [2.24, 2.45) is 0 Å². The molecule has 0 aromatic rings. The fourth-order valence-electron chi connectivity index (χ4n) is 10.3. The fourth-order valence-corrected chi connectivity index (χ4v) is 10.3. The Balaban J connectivity index is 4.34. The van der Waals surface area contributed by atoms with Crippen LogP contribution in [0.5, 0.6) is 0 Å². The highest BCUT2D eigenvalue weighted by molar-refractivity contribution is 5.71. The predicted molar refractivity (Wildman–Crippen MR) is 339 cm³/mol. The van der Waals surface area contributed by atoms with Crippen molar-refractivity contribution < 1.29 is 28.6 Å². The second-order valence-electron chi connectivity index (χ2n) is 23.4. The maximum Gasteiger partial charge on any atom is 0.306 e. The van der Waals surface area contributed by atoms with E-state index in [0.29, 0.717) is 19.3 Å². The molecule has 1 atom stereocenters. The van der Waals surface area contributed by atoms with Crippen LogP contribution in [0.25, 0.3) is 0 Å². The van der Waals surface area contributed by atoms with Gasteiger partial charge in [0.1, 0.15) is 13.2 Å². The molecule has 0 spiro atoms. The molecule has 0 aromatic carbocycles. The number of ether oxygens (including phenoxy) is 3. The van der Waals surface area contributed by atoms with Crippen LogP contribution in [-0.2, 0) is 28.6 Å². The lowest BCUT2D eigenvalue weighted by molar-refractivity contribution is -0.167. The Hall–Kier alpha value is -2.63. The lowest BCUT2D eigenvalue weighted by Gasteiger charge is -2.18. The molecule has 0 rings (SSSR count). The molecule has 78 heavy (non-hydrogen) atoms. The van der Waals surface area contributed by atoms with Crippen molar-refractivity contribution in [1.82, 2.24) is 0 Å². The number of esters is 3. The summed E-state index contributed by atoms with van der Waals surface area (Å²) in [5.41, 5.74) is 0. The minimum Gasteiger partial charge on any atom is -0.462 e. The van der Waals surface area contributed by atoms with E-state index < -0.39 is 6.10 Å². The third-order valence-corrected chi connectivity index (χ3v) is 15.6. The number of carbonyl (C=O) groups excluding carboxylic acids is 3. The van der Waals surface area contributed by atoms with Gasteiger partial charge in [-0.25, -0.2) is 0 Å². The second kappa shape index (κ2) is 66.9. The number of carbonyl (C=O) groups is 3. The highest BCUT2D eigenvalue weighted by atomic mass is 16.6. The summed E-state index contributed by atoms with van der Waals surface area (Å²) in [4.78, 5) is 38.5. The molecule has 0 aliphatic carbocycles. The third-order valence-electron chi connectivity index (χ3n) is 15.6. The first-order valence-corrected chi connectivity index (χ1v) is 34.6. The molecule has 0 amide bonds. The van der Waals surface area contributed by atoms with Crippen molar-refractivity contribution in [1.29, 1.82) is 0 Å². The zero-order valence-electron chi connectivity index (χ0n) is 52.5. The molecular formula is C72H132O6. The van der Waals surface area contributed by atoms with E-state index >= 15 is 0 Å². The van der Waals surface area contributed by atoms with E-state index in [1.165, 1.54) is 263 Å². The third kappa shape index (κ3) is 64.2. The van der Waals surface area contributed by atoms with Gasteiger partial charge in [0.05, 0.1) is 0 Å². The number of hydrogen-bond acceptors (Lipinski definition) is 6. The standard InChI is InChI=1S/C72H132O6/c1-4-7-10-13-16-19-22-25-28-31-34-36-39-41-44-47-50-53-56-59-62-65-71(74)77-68-69(67-76-70(73)64-61-58-55-52-49-46-43-40-37-33-30-27-24-21-18-15-12-9-6-3)78-72(75)66-63-60-57-54-51-48-45-42-38-35-32-29-26-23-20-17-14-11-8-5-2/h18,21-22,25,27,30-31,34,69H,4-17,19-20,23-24,26,28-29,32-33,35-68H2,1-3H3/b21-18-,25-22-,30-27-,34-31-. The molecule has 0 saturated heterocycles. The quantitative estimate of drug-likeness (QED) is 0.0261. The van der Waals surface area contributed by atoms with Crippen molar-refractivity contribution >= 4 is 17.9 Å². The van der Waals surface area contributed by atoms with Crippen molar-refractivity contribution in [2.45, 2.75) is 380 Å². The molecular weight excluding hydrogens is 961 g/mol. The average molecular weight is 1090 g/mol. The zero-order chi connectivity index (χ0) is 56.4. The Morgan fingerprint density at radius 2 is 0.462 bits per heavy atom. The van der Waals surface area contributed by atoms with E-state index in [2.05, 4.69) is 69.4 Å². The smallest absolute Gasteiger partial charge is 0.306 e. The highest BCUT2D eigenvalue weighted by Crippen LogP contribution is 2.18. The van der Waals surface area contributed by atoms with E-state index in [1.54, 1.807) is 0 Å². The summed E-state index contributed by atoms with van der Waals surface area (Å²) in [5.74, 6) is -0.854. The largest absolute Gasteiger partial charge is 0.462 e. The average Bonchev–Trinajstić information content (AvgIpc) is 3.44. The Morgan fingerprint density at radius 3 is 0.731 bits per heavy atom. The lowest BCUT2D eigenvalue weighted by Crippen LogP contribution is -2.30. The van der Waals surface area contributed by atoms with Crippen LogP contribution in [0.3, 0.4) is 0 Å². The van der Waals surface area contributed by atoms with Gasteiger partial charge in [-0.2, -0.15) is 0 Å². The maximum atomic E-state index is 13.0. The van der Waals surface area contributed by atoms with Crippen LogP contribution in [-0.4, -0.2) is 37.2 Å².